The van der Waals surface area contributed by atoms with E-state index < -0.39 is 0 Å². The van der Waals surface area contributed by atoms with Gasteiger partial charge in [0.15, 0.2) is 0 Å². The van der Waals surface area contributed by atoms with Crippen molar-refractivity contribution < 1.29 is 28.5 Å². The Labute approximate surface area is 141 Å². The summed E-state index contributed by atoms with van der Waals surface area (Å²) in [7, 11) is 5.91. The van der Waals surface area contributed by atoms with Crippen LogP contribution in [0.5, 0.6) is 0 Å². The Kier molecular flexibility index (Phi) is 8.95. The third kappa shape index (κ3) is 5.27. The number of rotatable bonds is 10. The van der Waals surface area contributed by atoms with Crippen LogP contribution in [0.25, 0.3) is 0 Å². The average molecular weight is 340 g/mol. The molecule has 0 fully saturated rings. The molecule has 0 saturated carbocycles. The quantitative estimate of drug-likeness (QED) is 0.591. The van der Waals surface area contributed by atoms with Gasteiger partial charge >= 0.3 is 0 Å². The van der Waals surface area contributed by atoms with E-state index >= 15 is 0 Å². The molecule has 1 aromatic rings. The molecular formula is C16H24N2O6. The predicted octanol–water partition coefficient (Wildman–Crippen LogP) is 0.987. The predicted molar refractivity (Wildman–Crippen MR) is 86.3 cm³/mol. The summed E-state index contributed by atoms with van der Waals surface area (Å²) in [5.41, 5.74) is 0.516. The molecule has 0 unspecified atom stereocenters. The second kappa shape index (κ2) is 10.7. The van der Waals surface area contributed by atoms with Gasteiger partial charge in [0.1, 0.15) is 26.9 Å². The molecule has 24 heavy (non-hydrogen) atoms. The van der Waals surface area contributed by atoms with Crippen molar-refractivity contribution in [1.29, 1.82) is 0 Å². The summed E-state index contributed by atoms with van der Waals surface area (Å²) in [6, 6.07) is 6.56. The minimum Gasteiger partial charge on any atom is -0.364 e. The standard InChI is InChI=1S/C16H24N2O6/c1-21-9-17(10-22-2)15(19)13-7-5-6-8-14(13)16(20)18(11-23-3)12-24-4/h5-8H,9-12H2,1-4H3. The van der Waals surface area contributed by atoms with Crippen molar-refractivity contribution in [3.05, 3.63) is 35.4 Å². The summed E-state index contributed by atoms with van der Waals surface area (Å²) in [4.78, 5) is 28.1. The molecule has 1 rings (SSSR count). The van der Waals surface area contributed by atoms with Crippen molar-refractivity contribution in [3.63, 3.8) is 0 Å². The largest absolute Gasteiger partial charge is 0.364 e. The number of amides is 2. The highest BCUT2D eigenvalue weighted by atomic mass is 16.5. The van der Waals surface area contributed by atoms with Gasteiger partial charge in [0.25, 0.3) is 11.8 Å². The Hall–Kier alpha value is -2.00. The molecule has 0 spiro atoms. The number of carbonyl (C=O) groups is 2. The number of nitrogens with zero attached hydrogens (tertiary/aromatic N) is 2. The van der Waals surface area contributed by atoms with Gasteiger partial charge in [-0.05, 0) is 12.1 Å². The molecule has 8 nitrogen and oxygen atoms in total. The van der Waals surface area contributed by atoms with Crippen LogP contribution in [-0.4, -0.2) is 77.0 Å². The lowest BCUT2D eigenvalue weighted by atomic mass is 10.1. The number of benzene rings is 1. The molecule has 0 aromatic heterocycles. The van der Waals surface area contributed by atoms with Gasteiger partial charge in [-0.3, -0.25) is 19.4 Å². The molecule has 1 aromatic carbocycles. The van der Waals surface area contributed by atoms with Crippen LogP contribution in [0.2, 0.25) is 0 Å². The van der Waals surface area contributed by atoms with E-state index in [0.717, 1.165) is 0 Å². The molecule has 2 amide bonds. The summed E-state index contributed by atoms with van der Waals surface area (Å²) in [6.07, 6.45) is 0. The SMILES string of the molecule is COCN(COC)C(=O)c1ccccc1C(=O)N(COC)COC. The number of ether oxygens (including phenoxy) is 4. The lowest BCUT2D eigenvalue weighted by molar-refractivity contribution is -0.00748. The third-order valence-electron chi connectivity index (χ3n) is 3.10. The molecule has 0 heterocycles. The van der Waals surface area contributed by atoms with E-state index in [9.17, 15) is 9.59 Å². The van der Waals surface area contributed by atoms with Crippen LogP contribution in [0, 0.1) is 0 Å². The van der Waals surface area contributed by atoms with Crippen LogP contribution in [0.4, 0.5) is 0 Å². The van der Waals surface area contributed by atoms with Crippen molar-refractivity contribution >= 4 is 11.8 Å². The highest BCUT2D eigenvalue weighted by Crippen LogP contribution is 2.15. The van der Waals surface area contributed by atoms with Gasteiger partial charge in [0, 0.05) is 28.4 Å². The lowest BCUT2D eigenvalue weighted by Gasteiger charge is -2.24. The first kappa shape index (κ1) is 20.0. The molecular weight excluding hydrogens is 316 g/mol. The van der Waals surface area contributed by atoms with Gasteiger partial charge in [0.05, 0.1) is 11.1 Å². The average Bonchev–Trinajstić information content (AvgIpc) is 2.60. The van der Waals surface area contributed by atoms with E-state index in [0.29, 0.717) is 0 Å². The Morgan fingerprint density at radius 2 is 1.00 bits per heavy atom. The van der Waals surface area contributed by atoms with Gasteiger partial charge in [0.2, 0.25) is 0 Å². The van der Waals surface area contributed by atoms with Crippen LogP contribution < -0.4 is 0 Å². The molecule has 8 heteroatoms. The minimum absolute atomic E-state index is 0.0506. The molecule has 0 aliphatic carbocycles. The second-order valence-electron chi connectivity index (χ2n) is 4.91. The van der Waals surface area contributed by atoms with Crippen LogP contribution in [0.15, 0.2) is 24.3 Å². The van der Waals surface area contributed by atoms with Crippen LogP contribution >= 0.6 is 0 Å². The Balaban J connectivity index is 3.13. The van der Waals surface area contributed by atoms with Crippen molar-refractivity contribution in [2.45, 2.75) is 0 Å². The van der Waals surface area contributed by atoms with Crippen LogP contribution in [0.3, 0.4) is 0 Å². The fourth-order valence-electron chi connectivity index (χ4n) is 2.13. The van der Waals surface area contributed by atoms with E-state index in [1.165, 1.54) is 38.2 Å². The fourth-order valence-corrected chi connectivity index (χ4v) is 2.13. The number of carbonyl (C=O) groups excluding carboxylic acids is 2. The zero-order valence-corrected chi connectivity index (χ0v) is 14.5. The van der Waals surface area contributed by atoms with E-state index in [1.807, 2.05) is 0 Å². The molecule has 134 valence electrons. The molecule has 0 aliphatic rings. The number of methoxy groups -OCH3 is 4. The maximum absolute atomic E-state index is 12.7. The van der Waals surface area contributed by atoms with Gasteiger partial charge in [-0.25, -0.2) is 0 Å². The van der Waals surface area contributed by atoms with Gasteiger partial charge < -0.3 is 18.9 Å². The molecule has 0 atom stereocenters. The second-order valence-corrected chi connectivity index (χ2v) is 4.91. The zero-order valence-electron chi connectivity index (χ0n) is 14.5. The zero-order chi connectivity index (χ0) is 17.9. The van der Waals surface area contributed by atoms with Gasteiger partial charge in [-0.15, -0.1) is 0 Å². The topological polar surface area (TPSA) is 77.5 Å². The summed E-state index contributed by atoms with van der Waals surface area (Å²) >= 11 is 0. The first-order chi connectivity index (χ1) is 11.6. The summed E-state index contributed by atoms with van der Waals surface area (Å²) in [5.74, 6) is -0.727. The summed E-state index contributed by atoms with van der Waals surface area (Å²) in [6.45, 7) is 0.203. The minimum atomic E-state index is -0.363. The molecule has 0 N–H and O–H groups in total. The molecule has 0 aliphatic heterocycles. The maximum Gasteiger partial charge on any atom is 0.258 e. The number of hydrogen-bond donors (Lipinski definition) is 0. The molecule has 0 radical (unpaired) electrons. The fraction of sp³-hybridized carbons (Fsp3) is 0.500. The maximum atomic E-state index is 12.7. The smallest absolute Gasteiger partial charge is 0.258 e. The number of hydrogen-bond acceptors (Lipinski definition) is 6. The van der Waals surface area contributed by atoms with Crippen molar-refractivity contribution in [3.8, 4) is 0 Å². The van der Waals surface area contributed by atoms with E-state index in [4.69, 9.17) is 18.9 Å². The highest BCUT2D eigenvalue weighted by Gasteiger charge is 2.24. The molecule has 0 bridgehead atoms. The Bertz CT molecular complexity index is 478. The van der Waals surface area contributed by atoms with Gasteiger partial charge in [-0.2, -0.15) is 0 Å². The first-order valence-electron chi connectivity index (χ1n) is 7.24. The highest BCUT2D eigenvalue weighted by molar-refractivity contribution is 6.07. The normalized spacial score (nSPS) is 10.5. The Morgan fingerprint density at radius 3 is 1.25 bits per heavy atom. The van der Waals surface area contributed by atoms with Crippen molar-refractivity contribution in [2.24, 2.45) is 0 Å². The van der Waals surface area contributed by atoms with Crippen molar-refractivity contribution in [1.82, 2.24) is 9.80 Å². The first-order valence-corrected chi connectivity index (χ1v) is 7.24. The molecule has 0 saturated heterocycles. The van der Waals surface area contributed by atoms with E-state index in [-0.39, 0.29) is 49.9 Å². The lowest BCUT2D eigenvalue weighted by Crippen LogP contribution is -2.38. The third-order valence-corrected chi connectivity index (χ3v) is 3.10. The Morgan fingerprint density at radius 1 is 0.708 bits per heavy atom. The van der Waals surface area contributed by atoms with Crippen LogP contribution in [-0.2, 0) is 18.9 Å². The van der Waals surface area contributed by atoms with E-state index in [1.54, 1.807) is 24.3 Å². The van der Waals surface area contributed by atoms with Gasteiger partial charge in [-0.1, -0.05) is 12.1 Å². The van der Waals surface area contributed by atoms with E-state index in [2.05, 4.69) is 0 Å². The summed E-state index contributed by atoms with van der Waals surface area (Å²) < 4.78 is 20.1. The van der Waals surface area contributed by atoms with Crippen LogP contribution in [0.1, 0.15) is 20.7 Å². The summed E-state index contributed by atoms with van der Waals surface area (Å²) in [5, 5.41) is 0. The monoisotopic (exact) mass is 340 g/mol. The van der Waals surface area contributed by atoms with Crippen molar-refractivity contribution in [2.75, 3.05) is 55.4 Å².